The normalized spacial score (nSPS) is 14.4. The fraction of sp³-hybridized carbons (Fsp3) is 0.333. The van der Waals surface area contributed by atoms with E-state index < -0.39 is 0 Å². The minimum absolute atomic E-state index is 0.0524. The number of benzene rings is 1. The first-order valence-electron chi connectivity index (χ1n) is 8.13. The highest BCUT2D eigenvalue weighted by atomic mass is 35.5. The molecule has 2 aromatic heterocycles. The van der Waals surface area contributed by atoms with Crippen LogP contribution in [0.2, 0.25) is 5.02 Å². The van der Waals surface area contributed by atoms with Gasteiger partial charge in [-0.05, 0) is 36.5 Å². The fourth-order valence-corrected chi connectivity index (χ4v) is 3.45. The molecule has 0 N–H and O–H groups in total. The smallest absolute Gasteiger partial charge is 0.185 e. The van der Waals surface area contributed by atoms with E-state index in [1.807, 2.05) is 28.8 Å². The highest BCUT2D eigenvalue weighted by molar-refractivity contribution is 6.30. The maximum absolute atomic E-state index is 12.1. The number of Topliss-reactive ketones (excluding diaryl/α,β-unsaturated/α-hetero) is 1. The fourth-order valence-electron chi connectivity index (χ4n) is 3.26. The van der Waals surface area contributed by atoms with Crippen molar-refractivity contribution in [3.8, 4) is 11.1 Å². The summed E-state index contributed by atoms with van der Waals surface area (Å²) in [5, 5.41) is 14.0. The molecular formula is C18H17ClN4O. The Morgan fingerprint density at radius 1 is 1.21 bits per heavy atom. The van der Waals surface area contributed by atoms with Crippen LogP contribution in [0.15, 0.2) is 24.3 Å². The summed E-state index contributed by atoms with van der Waals surface area (Å²) in [6.45, 7) is 4.20. The maximum Gasteiger partial charge on any atom is 0.185 e. The number of aromatic nitrogens is 4. The Morgan fingerprint density at radius 2 is 2.04 bits per heavy atom. The van der Waals surface area contributed by atoms with E-state index in [4.69, 9.17) is 16.7 Å². The van der Waals surface area contributed by atoms with Crippen molar-refractivity contribution < 1.29 is 4.79 Å². The number of halogens is 1. The third kappa shape index (κ3) is 2.31. The van der Waals surface area contributed by atoms with Gasteiger partial charge in [0.25, 0.3) is 0 Å². The summed E-state index contributed by atoms with van der Waals surface area (Å²) in [7, 11) is 0. The highest BCUT2D eigenvalue weighted by Crippen LogP contribution is 2.34. The average Bonchev–Trinajstić information content (AvgIpc) is 2.95. The minimum atomic E-state index is 0.0524. The van der Waals surface area contributed by atoms with Crippen molar-refractivity contribution in [1.82, 2.24) is 19.8 Å². The molecule has 0 saturated carbocycles. The molecular weight excluding hydrogens is 324 g/mol. The number of aryl methyl sites for hydroxylation is 1. The van der Waals surface area contributed by atoms with E-state index in [-0.39, 0.29) is 11.7 Å². The molecule has 122 valence electrons. The molecule has 0 unspecified atom stereocenters. The molecule has 0 saturated heterocycles. The van der Waals surface area contributed by atoms with Crippen molar-refractivity contribution in [2.45, 2.75) is 39.0 Å². The molecule has 0 spiro atoms. The van der Waals surface area contributed by atoms with Crippen molar-refractivity contribution in [1.29, 1.82) is 0 Å². The number of rotatable bonds is 2. The lowest BCUT2D eigenvalue weighted by molar-refractivity contribution is 0.0964. The van der Waals surface area contributed by atoms with Gasteiger partial charge in [-0.25, -0.2) is 4.52 Å². The lowest BCUT2D eigenvalue weighted by atomic mass is 9.98. The van der Waals surface area contributed by atoms with Gasteiger partial charge in [-0.2, -0.15) is 5.10 Å². The maximum atomic E-state index is 12.1. The van der Waals surface area contributed by atoms with Gasteiger partial charge in [-0.15, -0.1) is 10.2 Å². The quantitative estimate of drug-likeness (QED) is 0.705. The highest BCUT2D eigenvalue weighted by Gasteiger charge is 2.26. The van der Waals surface area contributed by atoms with Gasteiger partial charge < -0.3 is 0 Å². The summed E-state index contributed by atoms with van der Waals surface area (Å²) in [6.07, 6.45) is 2.16. The average molecular weight is 341 g/mol. The van der Waals surface area contributed by atoms with Gasteiger partial charge in [0.05, 0.1) is 17.0 Å². The molecule has 0 radical (unpaired) electrons. The van der Waals surface area contributed by atoms with Gasteiger partial charge in [0.15, 0.2) is 17.1 Å². The summed E-state index contributed by atoms with van der Waals surface area (Å²) in [4.78, 5) is 12.1. The summed E-state index contributed by atoms with van der Waals surface area (Å²) in [6, 6.07) is 7.68. The lowest BCUT2D eigenvalue weighted by Crippen LogP contribution is -2.18. The molecule has 2 heterocycles. The predicted octanol–water partition coefficient (Wildman–Crippen LogP) is 4.09. The van der Waals surface area contributed by atoms with E-state index in [0.29, 0.717) is 22.8 Å². The third-order valence-electron chi connectivity index (χ3n) is 4.40. The van der Waals surface area contributed by atoms with Crippen molar-refractivity contribution in [2.24, 2.45) is 0 Å². The Bertz CT molecular complexity index is 961. The monoisotopic (exact) mass is 340 g/mol. The first-order chi connectivity index (χ1) is 11.6. The third-order valence-corrected chi connectivity index (χ3v) is 4.64. The molecule has 0 aliphatic heterocycles. The molecule has 0 amide bonds. The van der Waals surface area contributed by atoms with Crippen LogP contribution in [0.5, 0.6) is 0 Å². The van der Waals surface area contributed by atoms with Crippen LogP contribution in [0.4, 0.5) is 0 Å². The first kappa shape index (κ1) is 15.3. The molecule has 6 heteroatoms. The number of nitrogens with zero attached hydrogens (tertiary/aromatic N) is 4. The summed E-state index contributed by atoms with van der Waals surface area (Å²) in [5.41, 5.74) is 4.88. The molecule has 0 bridgehead atoms. The second-order valence-electron chi connectivity index (χ2n) is 6.43. The van der Waals surface area contributed by atoms with Gasteiger partial charge in [-0.1, -0.05) is 37.6 Å². The van der Waals surface area contributed by atoms with Crippen LogP contribution >= 0.6 is 11.6 Å². The summed E-state index contributed by atoms with van der Waals surface area (Å²) in [5.74, 6) is 0.271. The zero-order valence-corrected chi connectivity index (χ0v) is 14.3. The van der Waals surface area contributed by atoms with Crippen LogP contribution < -0.4 is 0 Å². The zero-order valence-electron chi connectivity index (χ0n) is 13.6. The van der Waals surface area contributed by atoms with E-state index in [1.165, 1.54) is 0 Å². The SMILES string of the molecule is CC(C)c1nn2c3c(nnc2c1-c1cccc(Cl)c1)C(=O)CCC3. The molecule has 0 atom stereocenters. The molecule has 3 aromatic rings. The Hall–Kier alpha value is -2.27. The Labute approximate surface area is 144 Å². The van der Waals surface area contributed by atoms with Gasteiger partial charge in [0, 0.05) is 11.4 Å². The molecule has 5 nitrogen and oxygen atoms in total. The van der Waals surface area contributed by atoms with Gasteiger partial charge in [-0.3, -0.25) is 4.79 Å². The molecule has 0 fully saturated rings. The minimum Gasteiger partial charge on any atom is -0.292 e. The number of carbonyl (C=O) groups excluding carboxylic acids is 1. The van der Waals surface area contributed by atoms with Gasteiger partial charge in [0.1, 0.15) is 0 Å². The second-order valence-corrected chi connectivity index (χ2v) is 6.87. The number of ketones is 1. The second kappa shape index (κ2) is 5.67. The Morgan fingerprint density at radius 3 is 2.79 bits per heavy atom. The number of fused-ring (bicyclic) bond motifs is 3. The molecule has 1 aliphatic carbocycles. The number of carbonyl (C=O) groups is 1. The standard InChI is InChI=1S/C18H17ClN4O/c1-10(2)16-15(11-5-3-6-12(19)9-11)18-21-20-17-13(23(18)22-16)7-4-8-14(17)24/h3,5-6,9-10H,4,7-8H2,1-2H3. The number of hydrogen-bond acceptors (Lipinski definition) is 4. The van der Waals surface area contributed by atoms with Crippen LogP contribution in [0.1, 0.15) is 54.5 Å². The zero-order chi connectivity index (χ0) is 16.8. The van der Waals surface area contributed by atoms with Crippen molar-refractivity contribution >= 4 is 23.0 Å². The first-order valence-corrected chi connectivity index (χ1v) is 8.51. The summed E-state index contributed by atoms with van der Waals surface area (Å²) >= 11 is 6.17. The largest absolute Gasteiger partial charge is 0.292 e. The van der Waals surface area contributed by atoms with Gasteiger partial charge in [0.2, 0.25) is 0 Å². The molecule has 1 aliphatic rings. The van der Waals surface area contributed by atoms with Crippen LogP contribution in [-0.2, 0) is 6.42 Å². The van der Waals surface area contributed by atoms with Crippen molar-refractivity contribution in [3.63, 3.8) is 0 Å². The molecule has 4 rings (SSSR count). The van der Waals surface area contributed by atoms with Crippen LogP contribution in [0, 0.1) is 0 Å². The predicted molar refractivity (Wildman–Crippen MR) is 92.6 cm³/mol. The van der Waals surface area contributed by atoms with Gasteiger partial charge >= 0.3 is 0 Å². The number of hydrogen-bond donors (Lipinski definition) is 0. The van der Waals surface area contributed by atoms with E-state index >= 15 is 0 Å². The molecule has 1 aromatic carbocycles. The van der Waals surface area contributed by atoms with Crippen LogP contribution in [-0.4, -0.2) is 25.6 Å². The van der Waals surface area contributed by atoms with Crippen LogP contribution in [0.3, 0.4) is 0 Å². The van der Waals surface area contributed by atoms with E-state index in [0.717, 1.165) is 35.4 Å². The van der Waals surface area contributed by atoms with Crippen LogP contribution in [0.25, 0.3) is 16.8 Å². The Balaban J connectivity index is 2.05. The molecule has 24 heavy (non-hydrogen) atoms. The van der Waals surface area contributed by atoms with E-state index in [2.05, 4.69) is 24.0 Å². The lowest BCUT2D eigenvalue weighted by Gasteiger charge is -2.13. The summed E-state index contributed by atoms with van der Waals surface area (Å²) < 4.78 is 1.81. The van der Waals surface area contributed by atoms with E-state index in [9.17, 15) is 4.79 Å². The topological polar surface area (TPSA) is 60.1 Å². The van der Waals surface area contributed by atoms with E-state index in [1.54, 1.807) is 0 Å². The Kier molecular flexibility index (Phi) is 3.61. The van der Waals surface area contributed by atoms with Crippen molar-refractivity contribution in [2.75, 3.05) is 0 Å². The van der Waals surface area contributed by atoms with Crippen molar-refractivity contribution in [3.05, 3.63) is 46.4 Å².